The number of carbonyl (C=O) groups is 2. The van der Waals surface area contributed by atoms with E-state index in [0.29, 0.717) is 32.8 Å². The number of hydrogen-bond acceptors (Lipinski definition) is 3. The van der Waals surface area contributed by atoms with Crippen molar-refractivity contribution in [2.24, 2.45) is 0 Å². The summed E-state index contributed by atoms with van der Waals surface area (Å²) in [7, 11) is 1.85. The lowest BCUT2D eigenvalue weighted by molar-refractivity contribution is -0.862. The molecule has 7 heteroatoms. The summed E-state index contributed by atoms with van der Waals surface area (Å²) >= 11 is 3.35. The molecule has 2 N–H and O–H groups in total. The highest BCUT2D eigenvalue weighted by molar-refractivity contribution is 9.10. The summed E-state index contributed by atoms with van der Waals surface area (Å²) in [5, 5.41) is 2.83. The average molecular weight is 371 g/mol. The molecule has 1 aliphatic rings. The number of hydrogen-bond donors (Lipinski definition) is 2. The van der Waals surface area contributed by atoms with Gasteiger partial charge in [-0.05, 0) is 24.3 Å². The number of ether oxygens (including phenoxy) is 1. The molecular formula is C15H21BrN3O3+. The number of quaternary nitrogens is 1. The third kappa shape index (κ3) is 5.40. The molecule has 1 aliphatic heterocycles. The molecule has 0 aromatic heterocycles. The SMILES string of the molecule is C[NH+](CC(=O)Nc1ccc(Br)cc1)CC(=O)N1CCOCC1. The summed E-state index contributed by atoms with van der Waals surface area (Å²) < 4.78 is 6.19. The van der Waals surface area contributed by atoms with Gasteiger partial charge < -0.3 is 19.9 Å². The van der Waals surface area contributed by atoms with Crippen LogP contribution in [0.4, 0.5) is 5.69 Å². The van der Waals surface area contributed by atoms with Crippen LogP contribution in [0.2, 0.25) is 0 Å². The topological polar surface area (TPSA) is 63.1 Å². The molecule has 22 heavy (non-hydrogen) atoms. The van der Waals surface area contributed by atoms with Gasteiger partial charge in [0.25, 0.3) is 11.8 Å². The Morgan fingerprint density at radius 3 is 2.50 bits per heavy atom. The van der Waals surface area contributed by atoms with Gasteiger partial charge in [-0.2, -0.15) is 0 Å². The number of nitrogens with one attached hydrogen (secondary N) is 2. The van der Waals surface area contributed by atoms with Gasteiger partial charge in [0.05, 0.1) is 20.3 Å². The zero-order valence-corrected chi connectivity index (χ0v) is 14.2. The average Bonchev–Trinajstić information content (AvgIpc) is 2.50. The van der Waals surface area contributed by atoms with Gasteiger partial charge in [0, 0.05) is 23.2 Å². The van der Waals surface area contributed by atoms with E-state index in [1.165, 1.54) is 0 Å². The molecule has 120 valence electrons. The Labute approximate surface area is 138 Å². The van der Waals surface area contributed by atoms with E-state index in [0.717, 1.165) is 15.1 Å². The Kier molecular flexibility index (Phi) is 6.35. The van der Waals surface area contributed by atoms with Crippen LogP contribution in [-0.4, -0.2) is 63.2 Å². The first-order valence-corrected chi connectivity index (χ1v) is 8.06. The molecule has 0 radical (unpaired) electrons. The van der Waals surface area contributed by atoms with Crippen molar-refractivity contribution in [2.45, 2.75) is 0 Å². The Morgan fingerprint density at radius 1 is 1.23 bits per heavy atom. The van der Waals surface area contributed by atoms with Gasteiger partial charge >= 0.3 is 0 Å². The summed E-state index contributed by atoms with van der Waals surface area (Å²) in [6, 6.07) is 7.40. The summed E-state index contributed by atoms with van der Waals surface area (Å²) in [6.45, 7) is 3.03. The van der Waals surface area contributed by atoms with Crippen LogP contribution in [0, 0.1) is 0 Å². The van der Waals surface area contributed by atoms with E-state index < -0.39 is 0 Å². The third-order valence-electron chi connectivity index (χ3n) is 3.41. The monoisotopic (exact) mass is 370 g/mol. The van der Waals surface area contributed by atoms with Crippen molar-refractivity contribution < 1.29 is 19.2 Å². The molecule has 6 nitrogen and oxygen atoms in total. The molecule has 1 saturated heterocycles. The highest BCUT2D eigenvalue weighted by atomic mass is 79.9. The minimum atomic E-state index is -0.102. The maximum Gasteiger partial charge on any atom is 0.279 e. The predicted molar refractivity (Wildman–Crippen MR) is 86.8 cm³/mol. The second-order valence-electron chi connectivity index (χ2n) is 5.36. The van der Waals surface area contributed by atoms with Crippen LogP contribution in [0.25, 0.3) is 0 Å². The van der Waals surface area contributed by atoms with E-state index in [1.54, 1.807) is 4.90 Å². The summed E-state index contributed by atoms with van der Waals surface area (Å²) in [4.78, 5) is 26.7. The van der Waals surface area contributed by atoms with Gasteiger partial charge in [-0.25, -0.2) is 0 Å². The lowest BCUT2D eigenvalue weighted by Crippen LogP contribution is -3.11. The zero-order chi connectivity index (χ0) is 15.9. The molecule has 1 aromatic carbocycles. The van der Waals surface area contributed by atoms with Crippen LogP contribution in [0.15, 0.2) is 28.7 Å². The first kappa shape index (κ1) is 16.9. The van der Waals surface area contributed by atoms with E-state index in [2.05, 4.69) is 21.2 Å². The number of likely N-dealkylation sites (N-methyl/N-ethyl adjacent to an activating group) is 1. The fourth-order valence-corrected chi connectivity index (χ4v) is 2.52. The molecule has 0 bridgehead atoms. The molecule has 0 saturated carbocycles. The molecule has 1 unspecified atom stereocenters. The van der Waals surface area contributed by atoms with Gasteiger partial charge in [-0.3, -0.25) is 9.59 Å². The van der Waals surface area contributed by atoms with E-state index in [9.17, 15) is 9.59 Å². The van der Waals surface area contributed by atoms with Gasteiger partial charge in [-0.15, -0.1) is 0 Å². The fraction of sp³-hybridized carbons (Fsp3) is 0.467. The number of anilines is 1. The standard InChI is InChI=1S/C15H20BrN3O3/c1-18(11-15(21)19-6-8-22-9-7-19)10-14(20)17-13-4-2-12(16)3-5-13/h2-5H,6-11H2,1H3,(H,17,20)/p+1. The van der Waals surface area contributed by atoms with Crippen LogP contribution in [0.5, 0.6) is 0 Å². The van der Waals surface area contributed by atoms with E-state index in [1.807, 2.05) is 31.3 Å². The molecular weight excluding hydrogens is 350 g/mol. The number of rotatable bonds is 5. The van der Waals surface area contributed by atoms with Crippen LogP contribution in [-0.2, 0) is 14.3 Å². The van der Waals surface area contributed by atoms with E-state index >= 15 is 0 Å². The Balaban J connectivity index is 1.75. The smallest absolute Gasteiger partial charge is 0.279 e. The summed E-state index contributed by atoms with van der Waals surface area (Å²) in [5.74, 6) is -0.0353. The quantitative estimate of drug-likeness (QED) is 0.751. The first-order chi connectivity index (χ1) is 10.5. The number of carbonyl (C=O) groups excluding carboxylic acids is 2. The number of nitrogens with zero attached hydrogens (tertiary/aromatic N) is 1. The molecule has 0 spiro atoms. The number of morpholine rings is 1. The second kappa shape index (κ2) is 8.26. The fourth-order valence-electron chi connectivity index (χ4n) is 2.26. The van der Waals surface area contributed by atoms with Crippen LogP contribution >= 0.6 is 15.9 Å². The van der Waals surface area contributed by atoms with E-state index in [4.69, 9.17) is 4.74 Å². The largest absolute Gasteiger partial charge is 0.378 e. The Bertz CT molecular complexity index is 515. The maximum atomic E-state index is 12.1. The van der Waals surface area contributed by atoms with E-state index in [-0.39, 0.29) is 18.4 Å². The van der Waals surface area contributed by atoms with Gasteiger partial charge in [0.15, 0.2) is 13.1 Å². The molecule has 2 amide bonds. The second-order valence-corrected chi connectivity index (χ2v) is 6.27. The predicted octanol–water partition coefficient (Wildman–Crippen LogP) is -0.239. The number of benzene rings is 1. The van der Waals surface area contributed by atoms with Gasteiger partial charge in [-0.1, -0.05) is 15.9 Å². The van der Waals surface area contributed by atoms with Crippen LogP contribution in [0.3, 0.4) is 0 Å². The molecule has 1 fully saturated rings. The molecule has 2 rings (SSSR count). The van der Waals surface area contributed by atoms with Gasteiger partial charge in [0.1, 0.15) is 0 Å². The summed E-state index contributed by atoms with van der Waals surface area (Å²) in [6.07, 6.45) is 0. The molecule has 1 aromatic rings. The summed E-state index contributed by atoms with van der Waals surface area (Å²) in [5.41, 5.74) is 0.750. The molecule has 1 atom stereocenters. The highest BCUT2D eigenvalue weighted by Gasteiger charge is 2.21. The van der Waals surface area contributed by atoms with Crippen molar-refractivity contribution >= 4 is 33.4 Å². The molecule has 0 aliphatic carbocycles. The normalized spacial score (nSPS) is 16.2. The lowest BCUT2D eigenvalue weighted by atomic mass is 10.3. The highest BCUT2D eigenvalue weighted by Crippen LogP contribution is 2.13. The van der Waals surface area contributed by atoms with Crippen molar-refractivity contribution in [1.82, 2.24) is 4.90 Å². The van der Waals surface area contributed by atoms with Crippen molar-refractivity contribution in [3.05, 3.63) is 28.7 Å². The maximum absolute atomic E-state index is 12.1. The third-order valence-corrected chi connectivity index (χ3v) is 3.94. The Morgan fingerprint density at radius 2 is 1.86 bits per heavy atom. The van der Waals surface area contributed by atoms with Gasteiger partial charge in [0.2, 0.25) is 0 Å². The lowest BCUT2D eigenvalue weighted by Gasteiger charge is -2.27. The number of halogens is 1. The minimum Gasteiger partial charge on any atom is -0.378 e. The first-order valence-electron chi connectivity index (χ1n) is 7.27. The zero-order valence-electron chi connectivity index (χ0n) is 12.6. The number of amides is 2. The van der Waals surface area contributed by atoms with Crippen molar-refractivity contribution in [3.8, 4) is 0 Å². The van der Waals surface area contributed by atoms with Crippen molar-refractivity contribution in [3.63, 3.8) is 0 Å². The van der Waals surface area contributed by atoms with Crippen LogP contribution < -0.4 is 10.2 Å². The molecule has 1 heterocycles. The van der Waals surface area contributed by atoms with Crippen molar-refractivity contribution in [2.75, 3.05) is 51.8 Å². The Hall–Kier alpha value is -1.44. The minimum absolute atomic E-state index is 0.0669. The van der Waals surface area contributed by atoms with Crippen molar-refractivity contribution in [1.29, 1.82) is 0 Å². The van der Waals surface area contributed by atoms with Crippen LogP contribution in [0.1, 0.15) is 0 Å².